The van der Waals surface area contributed by atoms with Gasteiger partial charge >= 0.3 is 0 Å². The van der Waals surface area contributed by atoms with Crippen LogP contribution < -0.4 is 5.73 Å². The quantitative estimate of drug-likeness (QED) is 0.785. The van der Waals surface area contributed by atoms with Crippen LogP contribution in [0.25, 0.3) is 22.0 Å². The van der Waals surface area contributed by atoms with Crippen molar-refractivity contribution in [3.05, 3.63) is 42.1 Å². The lowest BCUT2D eigenvalue weighted by Gasteiger charge is -2.04. The van der Waals surface area contributed by atoms with Gasteiger partial charge in [-0.15, -0.1) is 0 Å². The standard InChI is InChI=1S/C17H19N5O/c1-3-4-7-22-15-6-5-12(13-9-19-11(2)20-10-13)8-14(15)16(21-22)17(18)23/h5-6,8-10H,3-4,7H2,1-2H3,(H2,18,23). The van der Waals surface area contributed by atoms with Crippen molar-refractivity contribution in [2.24, 2.45) is 5.73 Å². The Labute approximate surface area is 134 Å². The zero-order chi connectivity index (χ0) is 16.4. The van der Waals surface area contributed by atoms with Gasteiger partial charge in [0.25, 0.3) is 5.91 Å². The van der Waals surface area contributed by atoms with Gasteiger partial charge in [-0.1, -0.05) is 19.4 Å². The van der Waals surface area contributed by atoms with Crippen molar-refractivity contribution < 1.29 is 4.79 Å². The number of fused-ring (bicyclic) bond motifs is 1. The number of hydrogen-bond acceptors (Lipinski definition) is 4. The summed E-state index contributed by atoms with van der Waals surface area (Å²) in [6, 6.07) is 5.89. The fraction of sp³-hybridized carbons (Fsp3) is 0.294. The number of unbranched alkanes of at least 4 members (excludes halogenated alkanes) is 1. The number of aromatic nitrogens is 4. The molecule has 3 aromatic rings. The van der Waals surface area contributed by atoms with Crippen molar-refractivity contribution in [3.63, 3.8) is 0 Å². The average molecular weight is 309 g/mol. The van der Waals surface area contributed by atoms with Gasteiger partial charge in [0.1, 0.15) is 5.82 Å². The summed E-state index contributed by atoms with van der Waals surface area (Å²) in [6.07, 6.45) is 5.61. The van der Waals surface area contributed by atoms with Crippen LogP contribution in [0.1, 0.15) is 36.1 Å². The molecule has 2 N–H and O–H groups in total. The van der Waals surface area contributed by atoms with E-state index in [9.17, 15) is 4.79 Å². The Morgan fingerprint density at radius 2 is 1.96 bits per heavy atom. The molecule has 0 saturated carbocycles. The van der Waals surface area contributed by atoms with Gasteiger partial charge in [0.15, 0.2) is 5.69 Å². The molecule has 6 heteroatoms. The van der Waals surface area contributed by atoms with Crippen LogP contribution in [0.2, 0.25) is 0 Å². The summed E-state index contributed by atoms with van der Waals surface area (Å²) in [5, 5.41) is 5.16. The molecular weight excluding hydrogens is 290 g/mol. The lowest BCUT2D eigenvalue weighted by molar-refractivity contribution is 0.0996. The van der Waals surface area contributed by atoms with Gasteiger partial charge < -0.3 is 5.73 Å². The first-order chi connectivity index (χ1) is 11.1. The van der Waals surface area contributed by atoms with E-state index in [1.807, 2.05) is 29.8 Å². The smallest absolute Gasteiger partial charge is 0.269 e. The Balaban J connectivity index is 2.12. The van der Waals surface area contributed by atoms with Crippen LogP contribution in [0, 0.1) is 6.92 Å². The Kier molecular flexibility index (Phi) is 4.06. The van der Waals surface area contributed by atoms with E-state index in [1.165, 1.54) is 0 Å². The Bertz CT molecular complexity index is 851. The molecule has 2 heterocycles. The summed E-state index contributed by atoms with van der Waals surface area (Å²) < 4.78 is 1.86. The maximum Gasteiger partial charge on any atom is 0.269 e. The highest BCUT2D eigenvalue weighted by molar-refractivity contribution is 6.05. The van der Waals surface area contributed by atoms with Gasteiger partial charge in [-0.3, -0.25) is 9.48 Å². The Morgan fingerprint density at radius 3 is 2.61 bits per heavy atom. The molecule has 0 aliphatic heterocycles. The summed E-state index contributed by atoms with van der Waals surface area (Å²) in [5.74, 6) is 0.211. The average Bonchev–Trinajstić information content (AvgIpc) is 2.92. The predicted octanol–water partition coefficient (Wildman–Crippen LogP) is 2.70. The number of rotatable bonds is 5. The zero-order valence-electron chi connectivity index (χ0n) is 13.3. The maximum atomic E-state index is 11.7. The molecule has 0 saturated heterocycles. The molecule has 0 bridgehead atoms. The monoisotopic (exact) mass is 309 g/mol. The highest BCUT2D eigenvalue weighted by Gasteiger charge is 2.15. The number of nitrogens with zero attached hydrogens (tertiary/aromatic N) is 4. The predicted molar refractivity (Wildman–Crippen MR) is 88.9 cm³/mol. The Morgan fingerprint density at radius 1 is 1.22 bits per heavy atom. The number of hydrogen-bond donors (Lipinski definition) is 1. The number of carbonyl (C=O) groups is 1. The third-order valence-electron chi connectivity index (χ3n) is 3.82. The van der Waals surface area contributed by atoms with Crippen molar-refractivity contribution in [2.75, 3.05) is 0 Å². The molecule has 0 unspecified atom stereocenters. The van der Waals surface area contributed by atoms with E-state index >= 15 is 0 Å². The molecule has 1 aromatic carbocycles. The van der Waals surface area contributed by atoms with Gasteiger partial charge in [-0.25, -0.2) is 9.97 Å². The zero-order valence-corrected chi connectivity index (χ0v) is 13.3. The number of aryl methyl sites for hydroxylation is 2. The minimum Gasteiger partial charge on any atom is -0.364 e. The van der Waals surface area contributed by atoms with Crippen molar-refractivity contribution in [1.82, 2.24) is 19.7 Å². The number of nitrogens with two attached hydrogens (primary N) is 1. The molecule has 118 valence electrons. The fourth-order valence-electron chi connectivity index (χ4n) is 2.56. The van der Waals surface area contributed by atoms with Crippen molar-refractivity contribution in [2.45, 2.75) is 33.2 Å². The molecule has 2 aromatic heterocycles. The van der Waals surface area contributed by atoms with Crippen LogP contribution in [0.5, 0.6) is 0 Å². The second-order valence-electron chi connectivity index (χ2n) is 5.54. The van der Waals surface area contributed by atoms with Crippen LogP contribution in [0.3, 0.4) is 0 Å². The summed E-state index contributed by atoms with van der Waals surface area (Å²) in [7, 11) is 0. The van der Waals surface area contributed by atoms with E-state index in [1.54, 1.807) is 12.4 Å². The van der Waals surface area contributed by atoms with E-state index in [-0.39, 0.29) is 0 Å². The first-order valence-electron chi connectivity index (χ1n) is 7.69. The molecule has 6 nitrogen and oxygen atoms in total. The van der Waals surface area contributed by atoms with Gasteiger partial charge in [-0.2, -0.15) is 5.10 Å². The molecule has 0 aliphatic carbocycles. The number of benzene rings is 1. The van der Waals surface area contributed by atoms with Crippen LogP contribution in [0.4, 0.5) is 0 Å². The molecule has 0 radical (unpaired) electrons. The summed E-state index contributed by atoms with van der Waals surface area (Å²) in [5.41, 5.74) is 8.56. The molecular formula is C17H19N5O. The van der Waals surface area contributed by atoms with E-state index in [0.717, 1.165) is 47.2 Å². The minimum absolute atomic E-state index is 0.311. The van der Waals surface area contributed by atoms with Crippen molar-refractivity contribution in [3.8, 4) is 11.1 Å². The largest absolute Gasteiger partial charge is 0.364 e. The van der Waals surface area contributed by atoms with Crippen molar-refractivity contribution in [1.29, 1.82) is 0 Å². The molecule has 0 spiro atoms. The highest BCUT2D eigenvalue weighted by Crippen LogP contribution is 2.26. The number of amides is 1. The number of carbonyl (C=O) groups excluding carboxylic acids is 1. The van der Waals surface area contributed by atoms with Gasteiger partial charge in [0.05, 0.1) is 5.52 Å². The second-order valence-corrected chi connectivity index (χ2v) is 5.54. The number of primary amides is 1. The minimum atomic E-state index is -0.512. The first kappa shape index (κ1) is 15.1. The van der Waals surface area contributed by atoms with E-state index in [4.69, 9.17) is 5.73 Å². The summed E-state index contributed by atoms with van der Waals surface area (Å²) in [4.78, 5) is 20.1. The molecule has 0 aliphatic rings. The van der Waals surface area contributed by atoms with E-state index in [0.29, 0.717) is 5.69 Å². The molecule has 3 rings (SSSR count). The van der Waals surface area contributed by atoms with E-state index < -0.39 is 5.91 Å². The molecule has 1 amide bonds. The lowest BCUT2D eigenvalue weighted by Crippen LogP contribution is -2.13. The second kappa shape index (κ2) is 6.16. The summed E-state index contributed by atoms with van der Waals surface area (Å²) in [6.45, 7) is 4.74. The van der Waals surface area contributed by atoms with Gasteiger partial charge in [-0.05, 0) is 31.0 Å². The maximum absolute atomic E-state index is 11.7. The normalized spacial score (nSPS) is 11.0. The topological polar surface area (TPSA) is 86.7 Å². The summed E-state index contributed by atoms with van der Waals surface area (Å²) >= 11 is 0. The van der Waals surface area contributed by atoms with Crippen LogP contribution >= 0.6 is 0 Å². The highest BCUT2D eigenvalue weighted by atomic mass is 16.1. The fourth-order valence-corrected chi connectivity index (χ4v) is 2.56. The third-order valence-corrected chi connectivity index (χ3v) is 3.82. The van der Waals surface area contributed by atoms with Gasteiger partial charge in [0.2, 0.25) is 0 Å². The van der Waals surface area contributed by atoms with Crippen molar-refractivity contribution >= 4 is 16.8 Å². The first-order valence-corrected chi connectivity index (χ1v) is 7.69. The third kappa shape index (κ3) is 2.92. The van der Waals surface area contributed by atoms with E-state index in [2.05, 4.69) is 22.0 Å². The lowest BCUT2D eigenvalue weighted by atomic mass is 10.1. The van der Waals surface area contributed by atoms with Crippen LogP contribution in [-0.2, 0) is 6.54 Å². The van der Waals surface area contributed by atoms with Crippen LogP contribution in [-0.4, -0.2) is 25.7 Å². The molecule has 0 atom stereocenters. The molecule has 23 heavy (non-hydrogen) atoms. The van der Waals surface area contributed by atoms with Crippen LogP contribution in [0.15, 0.2) is 30.6 Å². The molecule has 0 fully saturated rings. The SMILES string of the molecule is CCCCn1nc(C(N)=O)c2cc(-c3cnc(C)nc3)ccc21. The Hall–Kier alpha value is -2.76. The van der Waals surface area contributed by atoms with Gasteiger partial charge in [0, 0.05) is 29.9 Å².